The number of nitrogens with zero attached hydrogens (tertiary/aromatic N) is 1. The minimum Gasteiger partial charge on any atom is -0.478 e. The molecule has 1 aliphatic heterocycles. The van der Waals surface area contributed by atoms with E-state index in [2.05, 4.69) is 39.5 Å². The van der Waals surface area contributed by atoms with Crippen molar-refractivity contribution in [1.82, 2.24) is 4.90 Å². The first-order valence-electron chi connectivity index (χ1n) is 6.45. The van der Waals surface area contributed by atoms with Crippen molar-refractivity contribution in [2.24, 2.45) is 0 Å². The average molecular weight is 344 g/mol. The van der Waals surface area contributed by atoms with Gasteiger partial charge in [-0.05, 0) is 24.1 Å². The third-order valence-electron chi connectivity index (χ3n) is 3.37. The smallest absolute Gasteiger partial charge is 0.335 e. The van der Waals surface area contributed by atoms with Crippen molar-refractivity contribution in [3.05, 3.63) is 33.8 Å². The molecule has 3 nitrogen and oxygen atoms in total. The summed E-state index contributed by atoms with van der Waals surface area (Å²) >= 11 is 5.54. The molecule has 0 amide bonds. The van der Waals surface area contributed by atoms with Crippen LogP contribution in [0, 0.1) is 0 Å². The molecule has 0 spiro atoms. The van der Waals surface area contributed by atoms with Crippen molar-refractivity contribution in [2.45, 2.75) is 25.1 Å². The zero-order valence-corrected chi connectivity index (χ0v) is 13.3. The topological polar surface area (TPSA) is 40.5 Å². The number of hydrogen-bond acceptors (Lipinski definition) is 3. The minimum atomic E-state index is -0.882. The Bertz CT molecular complexity index is 467. The molecule has 2 rings (SSSR count). The van der Waals surface area contributed by atoms with Gasteiger partial charge in [0, 0.05) is 35.1 Å². The predicted molar refractivity (Wildman–Crippen MR) is 82.9 cm³/mol. The number of carbonyl (C=O) groups is 1. The van der Waals surface area contributed by atoms with E-state index in [1.165, 1.54) is 12.2 Å². The molecule has 1 N–H and O–H groups in total. The summed E-state index contributed by atoms with van der Waals surface area (Å²) in [6.45, 7) is 5.35. The molecular weight excluding hydrogens is 326 g/mol. The van der Waals surface area contributed by atoms with E-state index in [4.69, 9.17) is 5.11 Å². The Morgan fingerprint density at radius 3 is 3.00 bits per heavy atom. The van der Waals surface area contributed by atoms with Crippen LogP contribution >= 0.6 is 27.7 Å². The monoisotopic (exact) mass is 343 g/mol. The Labute approximate surface area is 126 Å². The van der Waals surface area contributed by atoms with Crippen molar-refractivity contribution >= 4 is 33.7 Å². The van der Waals surface area contributed by atoms with Gasteiger partial charge in [-0.2, -0.15) is 11.8 Å². The second-order valence-corrected chi connectivity index (χ2v) is 7.01. The Kier molecular flexibility index (Phi) is 5.30. The molecule has 104 valence electrons. The van der Waals surface area contributed by atoms with Gasteiger partial charge in [0.25, 0.3) is 0 Å². The number of carboxylic acids is 1. The highest BCUT2D eigenvalue weighted by molar-refractivity contribution is 9.10. The van der Waals surface area contributed by atoms with Gasteiger partial charge in [-0.3, -0.25) is 4.90 Å². The molecule has 5 heteroatoms. The maximum Gasteiger partial charge on any atom is 0.335 e. The SMILES string of the molecule is CCC1CN(Cc2ccc(C(=O)O)cc2Br)CCS1. The number of rotatable bonds is 4. The fraction of sp³-hybridized carbons (Fsp3) is 0.500. The maximum absolute atomic E-state index is 10.9. The number of benzene rings is 1. The summed E-state index contributed by atoms with van der Waals surface area (Å²) in [6.07, 6.45) is 1.21. The molecule has 1 unspecified atom stereocenters. The van der Waals surface area contributed by atoms with Crippen molar-refractivity contribution in [2.75, 3.05) is 18.8 Å². The van der Waals surface area contributed by atoms with Crippen LogP contribution < -0.4 is 0 Å². The lowest BCUT2D eigenvalue weighted by molar-refractivity contribution is 0.0697. The van der Waals surface area contributed by atoms with Crippen LogP contribution in [0.15, 0.2) is 22.7 Å². The zero-order valence-electron chi connectivity index (χ0n) is 10.9. The van der Waals surface area contributed by atoms with Gasteiger partial charge >= 0.3 is 5.97 Å². The van der Waals surface area contributed by atoms with E-state index in [1.807, 2.05) is 6.07 Å². The largest absolute Gasteiger partial charge is 0.478 e. The Morgan fingerprint density at radius 1 is 1.58 bits per heavy atom. The van der Waals surface area contributed by atoms with Crippen molar-refractivity contribution < 1.29 is 9.90 Å². The quantitative estimate of drug-likeness (QED) is 0.908. The third-order valence-corrected chi connectivity index (χ3v) is 5.48. The number of halogens is 1. The van der Waals surface area contributed by atoms with Crippen LogP contribution in [-0.4, -0.2) is 40.1 Å². The Balaban J connectivity index is 2.04. The zero-order chi connectivity index (χ0) is 13.8. The van der Waals surface area contributed by atoms with Gasteiger partial charge in [0.15, 0.2) is 0 Å². The van der Waals surface area contributed by atoms with Crippen LogP contribution in [0.2, 0.25) is 0 Å². The molecule has 1 aliphatic rings. The molecule has 0 aliphatic carbocycles. The highest BCUT2D eigenvalue weighted by Gasteiger charge is 2.19. The lowest BCUT2D eigenvalue weighted by atomic mass is 10.1. The van der Waals surface area contributed by atoms with E-state index < -0.39 is 5.97 Å². The lowest BCUT2D eigenvalue weighted by Crippen LogP contribution is -2.37. The number of hydrogen-bond donors (Lipinski definition) is 1. The first-order valence-corrected chi connectivity index (χ1v) is 8.30. The highest BCUT2D eigenvalue weighted by atomic mass is 79.9. The predicted octanol–water partition coefficient (Wildman–Crippen LogP) is 3.47. The van der Waals surface area contributed by atoms with E-state index in [-0.39, 0.29) is 0 Å². The van der Waals surface area contributed by atoms with Gasteiger partial charge in [-0.1, -0.05) is 28.9 Å². The van der Waals surface area contributed by atoms with Gasteiger partial charge in [0.2, 0.25) is 0 Å². The molecule has 0 radical (unpaired) electrons. The molecule has 19 heavy (non-hydrogen) atoms. The van der Waals surface area contributed by atoms with Crippen LogP contribution in [0.1, 0.15) is 29.3 Å². The summed E-state index contributed by atoms with van der Waals surface area (Å²) in [4.78, 5) is 13.4. The summed E-state index contributed by atoms with van der Waals surface area (Å²) < 4.78 is 0.888. The van der Waals surface area contributed by atoms with Crippen LogP contribution in [0.25, 0.3) is 0 Å². The Morgan fingerprint density at radius 2 is 2.37 bits per heavy atom. The van der Waals surface area contributed by atoms with Crippen molar-refractivity contribution in [3.8, 4) is 0 Å². The molecule has 1 aromatic rings. The normalized spacial score (nSPS) is 20.4. The van der Waals surface area contributed by atoms with Gasteiger partial charge in [0.1, 0.15) is 0 Å². The van der Waals surface area contributed by atoms with E-state index >= 15 is 0 Å². The van der Waals surface area contributed by atoms with E-state index in [0.717, 1.165) is 34.9 Å². The van der Waals surface area contributed by atoms with Crippen LogP contribution in [-0.2, 0) is 6.54 Å². The fourth-order valence-electron chi connectivity index (χ4n) is 2.22. The first kappa shape index (κ1) is 14.9. The molecular formula is C14H18BrNO2S. The minimum absolute atomic E-state index is 0.330. The number of aromatic carboxylic acids is 1. The maximum atomic E-state index is 10.9. The molecule has 1 saturated heterocycles. The van der Waals surface area contributed by atoms with E-state index in [0.29, 0.717) is 5.56 Å². The van der Waals surface area contributed by atoms with Crippen LogP contribution in [0.4, 0.5) is 0 Å². The second kappa shape index (κ2) is 6.77. The third kappa shape index (κ3) is 3.97. The molecule has 1 heterocycles. The number of thioether (sulfide) groups is 1. The summed E-state index contributed by atoms with van der Waals surface area (Å²) in [5, 5.41) is 9.68. The second-order valence-electron chi connectivity index (χ2n) is 4.75. The summed E-state index contributed by atoms with van der Waals surface area (Å²) in [5.74, 6) is 0.302. The molecule has 1 fully saturated rings. The Hall–Kier alpha value is -0.520. The van der Waals surface area contributed by atoms with Crippen LogP contribution in [0.3, 0.4) is 0 Å². The molecule has 0 saturated carbocycles. The highest BCUT2D eigenvalue weighted by Crippen LogP contribution is 2.25. The summed E-state index contributed by atoms with van der Waals surface area (Å²) in [6, 6.07) is 5.28. The van der Waals surface area contributed by atoms with Crippen molar-refractivity contribution in [3.63, 3.8) is 0 Å². The fourth-order valence-corrected chi connectivity index (χ4v) is 3.97. The van der Waals surface area contributed by atoms with Gasteiger partial charge in [-0.15, -0.1) is 0 Å². The lowest BCUT2D eigenvalue weighted by Gasteiger charge is -2.32. The van der Waals surface area contributed by atoms with Crippen molar-refractivity contribution in [1.29, 1.82) is 0 Å². The molecule has 0 bridgehead atoms. The molecule has 1 aromatic carbocycles. The van der Waals surface area contributed by atoms with E-state index in [9.17, 15) is 4.79 Å². The summed E-state index contributed by atoms with van der Waals surface area (Å²) in [5.41, 5.74) is 1.49. The summed E-state index contributed by atoms with van der Waals surface area (Å²) in [7, 11) is 0. The molecule has 1 atom stereocenters. The van der Waals surface area contributed by atoms with Gasteiger partial charge < -0.3 is 5.11 Å². The molecule has 0 aromatic heterocycles. The first-order chi connectivity index (χ1) is 9.10. The van der Waals surface area contributed by atoms with Gasteiger partial charge in [-0.25, -0.2) is 4.79 Å². The average Bonchev–Trinajstić information content (AvgIpc) is 2.41. The number of carboxylic acid groups (broad SMARTS) is 1. The van der Waals surface area contributed by atoms with Gasteiger partial charge in [0.05, 0.1) is 5.56 Å². The van der Waals surface area contributed by atoms with E-state index in [1.54, 1.807) is 12.1 Å². The van der Waals surface area contributed by atoms with Crippen LogP contribution in [0.5, 0.6) is 0 Å². The standard InChI is InChI=1S/C14H18BrNO2S/c1-2-12-9-16(5-6-19-12)8-11-4-3-10(14(17)18)7-13(11)15/h3-4,7,12H,2,5-6,8-9H2,1H3,(H,17,18).